The molecule has 102 valence electrons. The Hall–Kier alpha value is -2.11. The second-order valence-corrected chi connectivity index (χ2v) is 4.93. The molecule has 0 aliphatic carbocycles. The van der Waals surface area contributed by atoms with E-state index in [1.807, 2.05) is 0 Å². The second kappa shape index (κ2) is 5.90. The number of amides is 1. The fourth-order valence-corrected chi connectivity index (χ4v) is 1.99. The summed E-state index contributed by atoms with van der Waals surface area (Å²) in [7, 11) is 0. The molecule has 0 bridgehead atoms. The van der Waals surface area contributed by atoms with Crippen molar-refractivity contribution in [3.63, 3.8) is 0 Å². The zero-order chi connectivity index (χ0) is 14.7. The maximum absolute atomic E-state index is 12.1. The van der Waals surface area contributed by atoms with E-state index >= 15 is 0 Å². The molecule has 0 heterocycles. The maximum atomic E-state index is 12.1. The third-order valence-electron chi connectivity index (χ3n) is 2.62. The van der Waals surface area contributed by atoms with Gasteiger partial charge in [0.2, 0.25) is 0 Å². The average Bonchev–Trinajstić information content (AvgIpc) is 2.39. The van der Waals surface area contributed by atoms with Gasteiger partial charge in [-0.05, 0) is 42.5 Å². The van der Waals surface area contributed by atoms with Gasteiger partial charge in [0.05, 0.1) is 5.69 Å². The smallest absolute Gasteiger partial charge is 0.255 e. The van der Waals surface area contributed by atoms with Gasteiger partial charge in [-0.1, -0.05) is 23.8 Å². The van der Waals surface area contributed by atoms with Gasteiger partial charge in [-0.3, -0.25) is 4.79 Å². The first kappa shape index (κ1) is 14.3. The van der Waals surface area contributed by atoms with E-state index in [-0.39, 0.29) is 16.6 Å². The van der Waals surface area contributed by atoms with Gasteiger partial charge < -0.3 is 16.2 Å². The van der Waals surface area contributed by atoms with Gasteiger partial charge in [-0.15, -0.1) is 0 Å². The highest BCUT2D eigenvalue weighted by Gasteiger charge is 2.11. The van der Waals surface area contributed by atoms with Crippen molar-refractivity contribution in [2.45, 2.75) is 0 Å². The summed E-state index contributed by atoms with van der Waals surface area (Å²) in [4.78, 5) is 12.3. The second-order valence-electron chi connectivity index (χ2n) is 4.06. The first-order valence-corrected chi connectivity index (χ1v) is 6.46. The number of anilines is 1. The molecule has 2 rings (SSSR count). The Morgan fingerprint density at radius 1 is 1.20 bits per heavy atom. The molecule has 0 aliphatic heterocycles. The van der Waals surface area contributed by atoms with Crippen molar-refractivity contribution >= 4 is 40.4 Å². The summed E-state index contributed by atoms with van der Waals surface area (Å²) in [6.07, 6.45) is 0. The van der Waals surface area contributed by atoms with Crippen LogP contribution in [0.4, 0.5) is 5.69 Å². The molecule has 2 aromatic carbocycles. The number of aromatic hydroxyl groups is 1. The predicted molar refractivity (Wildman–Crippen MR) is 83.4 cm³/mol. The maximum Gasteiger partial charge on any atom is 0.255 e. The molecule has 6 heteroatoms. The van der Waals surface area contributed by atoms with Crippen molar-refractivity contribution in [1.29, 1.82) is 0 Å². The number of phenolic OH excluding ortho intramolecular Hbond substituents is 1. The SMILES string of the molecule is NC(=S)c1ccc(Cl)cc1NC(=O)c1ccc(O)cc1. The number of rotatable bonds is 3. The zero-order valence-corrected chi connectivity index (χ0v) is 11.8. The van der Waals surface area contributed by atoms with Gasteiger partial charge in [0, 0.05) is 16.1 Å². The van der Waals surface area contributed by atoms with E-state index in [4.69, 9.17) is 29.6 Å². The molecular formula is C14H11ClN2O2S. The van der Waals surface area contributed by atoms with Crippen LogP contribution >= 0.6 is 23.8 Å². The third-order valence-corrected chi connectivity index (χ3v) is 3.08. The molecule has 4 N–H and O–H groups in total. The van der Waals surface area contributed by atoms with Crippen molar-refractivity contribution < 1.29 is 9.90 Å². The fraction of sp³-hybridized carbons (Fsp3) is 0. The molecule has 4 nitrogen and oxygen atoms in total. The highest BCUT2D eigenvalue weighted by atomic mass is 35.5. The monoisotopic (exact) mass is 306 g/mol. The Balaban J connectivity index is 2.29. The molecule has 0 radical (unpaired) electrons. The molecule has 20 heavy (non-hydrogen) atoms. The van der Waals surface area contributed by atoms with Crippen LogP contribution in [0.5, 0.6) is 5.75 Å². The number of hydrogen-bond acceptors (Lipinski definition) is 3. The van der Waals surface area contributed by atoms with E-state index in [1.165, 1.54) is 24.3 Å². The number of nitrogens with two attached hydrogens (primary N) is 1. The number of nitrogens with one attached hydrogen (secondary N) is 1. The van der Waals surface area contributed by atoms with Crippen molar-refractivity contribution in [2.24, 2.45) is 5.73 Å². The topological polar surface area (TPSA) is 75.3 Å². The summed E-state index contributed by atoms with van der Waals surface area (Å²) in [5.41, 5.74) is 6.99. The summed E-state index contributed by atoms with van der Waals surface area (Å²) in [5, 5.41) is 12.4. The van der Waals surface area contributed by atoms with Crippen molar-refractivity contribution in [1.82, 2.24) is 0 Å². The van der Waals surface area contributed by atoms with Gasteiger partial charge >= 0.3 is 0 Å². The summed E-state index contributed by atoms with van der Waals surface area (Å²) < 4.78 is 0. The summed E-state index contributed by atoms with van der Waals surface area (Å²) in [5.74, 6) is -0.252. The highest BCUT2D eigenvalue weighted by Crippen LogP contribution is 2.22. The minimum absolute atomic E-state index is 0.0909. The molecule has 0 unspecified atom stereocenters. The van der Waals surface area contributed by atoms with Crippen LogP contribution in [-0.2, 0) is 0 Å². The number of hydrogen-bond donors (Lipinski definition) is 3. The fourth-order valence-electron chi connectivity index (χ4n) is 1.64. The number of benzene rings is 2. The Bertz CT molecular complexity index is 671. The molecule has 0 fully saturated rings. The van der Waals surface area contributed by atoms with Crippen LogP contribution in [0.15, 0.2) is 42.5 Å². The van der Waals surface area contributed by atoms with E-state index in [9.17, 15) is 9.90 Å². The Morgan fingerprint density at radius 3 is 2.45 bits per heavy atom. The van der Waals surface area contributed by atoms with Crippen LogP contribution in [0.25, 0.3) is 0 Å². The quantitative estimate of drug-likeness (QED) is 0.762. The molecule has 0 saturated heterocycles. The molecule has 0 saturated carbocycles. The number of carbonyl (C=O) groups excluding carboxylic acids is 1. The van der Waals surface area contributed by atoms with Crippen molar-refractivity contribution in [3.8, 4) is 5.75 Å². The Kier molecular flexibility index (Phi) is 4.22. The van der Waals surface area contributed by atoms with E-state index in [1.54, 1.807) is 18.2 Å². The number of thiocarbonyl (C=S) groups is 1. The van der Waals surface area contributed by atoms with Gasteiger partial charge in [0.25, 0.3) is 5.91 Å². The molecular weight excluding hydrogens is 296 g/mol. The largest absolute Gasteiger partial charge is 0.508 e. The highest BCUT2D eigenvalue weighted by molar-refractivity contribution is 7.80. The van der Waals surface area contributed by atoms with Crippen LogP contribution in [-0.4, -0.2) is 16.0 Å². The lowest BCUT2D eigenvalue weighted by molar-refractivity contribution is 0.102. The van der Waals surface area contributed by atoms with E-state index in [0.717, 1.165) is 0 Å². The van der Waals surface area contributed by atoms with Gasteiger partial charge in [-0.2, -0.15) is 0 Å². The number of phenols is 1. The summed E-state index contributed by atoms with van der Waals surface area (Å²) >= 11 is 10.8. The van der Waals surface area contributed by atoms with Gasteiger partial charge in [-0.25, -0.2) is 0 Å². The lowest BCUT2D eigenvalue weighted by Gasteiger charge is -2.10. The summed E-state index contributed by atoms with van der Waals surface area (Å²) in [6.45, 7) is 0. The lowest BCUT2D eigenvalue weighted by atomic mass is 10.1. The normalized spacial score (nSPS) is 10.1. The standard InChI is InChI=1S/C14H11ClN2O2S/c15-9-3-6-11(13(16)20)12(7-9)17-14(19)8-1-4-10(18)5-2-8/h1-7,18H,(H2,16,20)(H,17,19). The Morgan fingerprint density at radius 2 is 1.85 bits per heavy atom. The minimum atomic E-state index is -0.343. The van der Waals surface area contributed by atoms with Gasteiger partial charge in [0.15, 0.2) is 0 Å². The van der Waals surface area contributed by atoms with E-state index < -0.39 is 0 Å². The van der Waals surface area contributed by atoms with Crippen LogP contribution in [0, 0.1) is 0 Å². The van der Waals surface area contributed by atoms with Gasteiger partial charge in [0.1, 0.15) is 10.7 Å². The van der Waals surface area contributed by atoms with Crippen LogP contribution < -0.4 is 11.1 Å². The molecule has 0 aromatic heterocycles. The molecule has 0 atom stereocenters. The first-order chi connectivity index (χ1) is 9.47. The van der Waals surface area contributed by atoms with Crippen LogP contribution in [0.1, 0.15) is 15.9 Å². The summed E-state index contributed by atoms with van der Waals surface area (Å²) in [6, 6.07) is 10.8. The average molecular weight is 307 g/mol. The minimum Gasteiger partial charge on any atom is -0.508 e. The van der Waals surface area contributed by atoms with Crippen LogP contribution in [0.2, 0.25) is 5.02 Å². The van der Waals surface area contributed by atoms with E-state index in [2.05, 4.69) is 5.32 Å². The van der Waals surface area contributed by atoms with Crippen molar-refractivity contribution in [2.75, 3.05) is 5.32 Å². The number of halogens is 1. The molecule has 1 amide bonds. The van der Waals surface area contributed by atoms with Crippen LogP contribution in [0.3, 0.4) is 0 Å². The Labute approximate surface area is 126 Å². The number of carbonyl (C=O) groups is 1. The van der Waals surface area contributed by atoms with E-state index in [0.29, 0.717) is 21.8 Å². The zero-order valence-electron chi connectivity index (χ0n) is 10.3. The molecule has 2 aromatic rings. The predicted octanol–water partition coefficient (Wildman–Crippen LogP) is 2.93. The molecule has 0 aliphatic rings. The first-order valence-electron chi connectivity index (χ1n) is 5.67. The lowest BCUT2D eigenvalue weighted by Crippen LogP contribution is -2.17. The molecule has 0 spiro atoms. The third kappa shape index (κ3) is 3.26. The van der Waals surface area contributed by atoms with Crippen molar-refractivity contribution in [3.05, 3.63) is 58.6 Å².